The van der Waals surface area contributed by atoms with Crippen LogP contribution in [-0.4, -0.2) is 17.6 Å². The van der Waals surface area contributed by atoms with Crippen molar-refractivity contribution < 1.29 is 9.90 Å². The van der Waals surface area contributed by atoms with Crippen LogP contribution >= 0.6 is 0 Å². The van der Waals surface area contributed by atoms with Crippen LogP contribution in [0.15, 0.2) is 0 Å². The van der Waals surface area contributed by atoms with Crippen molar-refractivity contribution in [2.75, 3.05) is 6.54 Å². The second-order valence-corrected chi connectivity index (χ2v) is 4.90. The molecule has 0 aliphatic heterocycles. The van der Waals surface area contributed by atoms with E-state index < -0.39 is 11.4 Å². The van der Waals surface area contributed by atoms with Gasteiger partial charge >= 0.3 is 5.97 Å². The van der Waals surface area contributed by atoms with Gasteiger partial charge in [-0.2, -0.15) is 0 Å². The van der Waals surface area contributed by atoms with Gasteiger partial charge in [0.25, 0.3) is 0 Å². The molecule has 2 saturated carbocycles. The molecule has 3 nitrogen and oxygen atoms in total. The molecule has 0 saturated heterocycles. The minimum Gasteiger partial charge on any atom is -0.481 e. The van der Waals surface area contributed by atoms with Gasteiger partial charge < -0.3 is 10.8 Å². The van der Waals surface area contributed by atoms with E-state index in [-0.39, 0.29) is 5.41 Å². The van der Waals surface area contributed by atoms with Crippen LogP contribution in [0, 0.1) is 16.7 Å². The Morgan fingerprint density at radius 2 is 2.38 bits per heavy atom. The number of aliphatic carboxylic acids is 1. The molecule has 2 aliphatic carbocycles. The third-order valence-electron chi connectivity index (χ3n) is 4.14. The van der Waals surface area contributed by atoms with E-state index in [4.69, 9.17) is 10.8 Å². The van der Waals surface area contributed by atoms with Gasteiger partial charge in [-0.1, -0.05) is 13.3 Å². The molecule has 0 aromatic rings. The van der Waals surface area contributed by atoms with Crippen molar-refractivity contribution in [1.29, 1.82) is 0 Å². The van der Waals surface area contributed by atoms with Gasteiger partial charge in [0.05, 0.1) is 5.41 Å². The van der Waals surface area contributed by atoms with Crippen molar-refractivity contribution in [2.24, 2.45) is 22.5 Å². The number of carboxylic acid groups (broad SMARTS) is 1. The molecule has 0 aromatic carbocycles. The normalized spacial score (nSPS) is 48.3. The summed E-state index contributed by atoms with van der Waals surface area (Å²) in [5, 5.41) is 9.14. The fourth-order valence-electron chi connectivity index (χ4n) is 3.20. The molecule has 0 bridgehead atoms. The number of hydrogen-bond donors (Lipinski definition) is 2. The Morgan fingerprint density at radius 1 is 1.69 bits per heavy atom. The van der Waals surface area contributed by atoms with Crippen LogP contribution in [0.25, 0.3) is 0 Å². The van der Waals surface area contributed by atoms with Crippen molar-refractivity contribution in [3.8, 4) is 0 Å². The highest BCUT2D eigenvalue weighted by molar-refractivity contribution is 5.80. The summed E-state index contributed by atoms with van der Waals surface area (Å²) in [5.74, 6) is 0.0110. The van der Waals surface area contributed by atoms with Gasteiger partial charge in [-0.05, 0) is 30.6 Å². The molecule has 3 N–H and O–H groups in total. The maximum absolute atomic E-state index is 11.1. The number of rotatable bonds is 2. The van der Waals surface area contributed by atoms with E-state index in [2.05, 4.69) is 6.92 Å². The van der Waals surface area contributed by atoms with Crippen LogP contribution in [-0.2, 0) is 4.79 Å². The molecule has 3 heteroatoms. The summed E-state index contributed by atoms with van der Waals surface area (Å²) in [5.41, 5.74) is 5.11. The average molecular weight is 183 g/mol. The molecule has 3 atom stereocenters. The van der Waals surface area contributed by atoms with Crippen molar-refractivity contribution >= 4 is 5.97 Å². The number of carboxylic acids is 1. The van der Waals surface area contributed by atoms with E-state index in [1.54, 1.807) is 0 Å². The molecule has 0 amide bonds. The van der Waals surface area contributed by atoms with Crippen LogP contribution in [0.1, 0.15) is 32.6 Å². The molecule has 2 rings (SSSR count). The first-order valence-corrected chi connectivity index (χ1v) is 5.00. The maximum atomic E-state index is 11.1. The summed E-state index contributed by atoms with van der Waals surface area (Å²) < 4.78 is 0. The first kappa shape index (κ1) is 9.00. The van der Waals surface area contributed by atoms with Gasteiger partial charge in [-0.3, -0.25) is 4.79 Å². The Bertz CT molecular complexity index is 253. The fourth-order valence-corrected chi connectivity index (χ4v) is 3.20. The average Bonchev–Trinajstić information content (AvgIpc) is 2.56. The zero-order valence-corrected chi connectivity index (χ0v) is 8.05. The molecule has 0 aromatic heterocycles. The highest BCUT2D eigenvalue weighted by Gasteiger charge is 2.72. The van der Waals surface area contributed by atoms with Crippen LogP contribution in [0.3, 0.4) is 0 Å². The van der Waals surface area contributed by atoms with E-state index >= 15 is 0 Å². The SMILES string of the molecule is CC1CCC2(C1)CC2(CN)C(=O)O. The van der Waals surface area contributed by atoms with Crippen LogP contribution in [0.2, 0.25) is 0 Å². The third kappa shape index (κ3) is 0.966. The Balaban J connectivity index is 2.18. The molecule has 3 unspecified atom stereocenters. The first-order chi connectivity index (χ1) is 6.06. The molecule has 2 fully saturated rings. The largest absolute Gasteiger partial charge is 0.481 e. The van der Waals surface area contributed by atoms with Crippen molar-refractivity contribution in [3.05, 3.63) is 0 Å². The smallest absolute Gasteiger partial charge is 0.311 e. The van der Waals surface area contributed by atoms with Gasteiger partial charge in [0.1, 0.15) is 0 Å². The molecule has 13 heavy (non-hydrogen) atoms. The van der Waals surface area contributed by atoms with Crippen LogP contribution in [0.4, 0.5) is 0 Å². The van der Waals surface area contributed by atoms with Crippen molar-refractivity contribution in [1.82, 2.24) is 0 Å². The zero-order chi connectivity index (χ0) is 9.69. The van der Waals surface area contributed by atoms with Crippen molar-refractivity contribution in [2.45, 2.75) is 32.6 Å². The molecule has 0 radical (unpaired) electrons. The summed E-state index contributed by atoms with van der Waals surface area (Å²) in [6, 6.07) is 0. The quantitative estimate of drug-likeness (QED) is 0.676. The minimum absolute atomic E-state index is 0.0764. The zero-order valence-electron chi connectivity index (χ0n) is 8.05. The maximum Gasteiger partial charge on any atom is 0.311 e. The first-order valence-electron chi connectivity index (χ1n) is 5.00. The van der Waals surface area contributed by atoms with Gasteiger partial charge in [-0.15, -0.1) is 0 Å². The predicted octanol–water partition coefficient (Wildman–Crippen LogP) is 1.23. The molecular formula is C10H17NO2. The topological polar surface area (TPSA) is 63.3 Å². The van der Waals surface area contributed by atoms with Crippen LogP contribution < -0.4 is 5.73 Å². The third-order valence-corrected chi connectivity index (χ3v) is 4.14. The standard InChI is InChI=1S/C10H17NO2/c1-7-2-3-9(4-7)5-10(9,6-11)8(12)13/h7H,2-6,11H2,1H3,(H,12,13). The van der Waals surface area contributed by atoms with Gasteiger partial charge in [0.2, 0.25) is 0 Å². The summed E-state index contributed by atoms with van der Waals surface area (Å²) in [6.45, 7) is 2.52. The number of carbonyl (C=O) groups is 1. The lowest BCUT2D eigenvalue weighted by Crippen LogP contribution is -2.30. The Morgan fingerprint density at radius 3 is 2.69 bits per heavy atom. The monoisotopic (exact) mass is 183 g/mol. The molecule has 2 aliphatic rings. The molecule has 0 heterocycles. The van der Waals surface area contributed by atoms with Crippen LogP contribution in [0.5, 0.6) is 0 Å². The lowest BCUT2D eigenvalue weighted by Gasteiger charge is -2.15. The van der Waals surface area contributed by atoms with E-state index in [1.807, 2.05) is 0 Å². The highest BCUT2D eigenvalue weighted by Crippen LogP contribution is 2.72. The number of hydrogen-bond acceptors (Lipinski definition) is 2. The highest BCUT2D eigenvalue weighted by atomic mass is 16.4. The van der Waals surface area contributed by atoms with E-state index in [9.17, 15) is 4.79 Å². The molecular weight excluding hydrogens is 166 g/mol. The van der Waals surface area contributed by atoms with Gasteiger partial charge in [0, 0.05) is 6.54 Å². The minimum atomic E-state index is -0.677. The molecule has 74 valence electrons. The van der Waals surface area contributed by atoms with Gasteiger partial charge in [-0.25, -0.2) is 0 Å². The second kappa shape index (κ2) is 2.47. The summed E-state index contributed by atoms with van der Waals surface area (Å²) >= 11 is 0. The van der Waals surface area contributed by atoms with E-state index in [0.29, 0.717) is 12.5 Å². The predicted molar refractivity (Wildman–Crippen MR) is 49.2 cm³/mol. The lowest BCUT2D eigenvalue weighted by atomic mass is 9.90. The summed E-state index contributed by atoms with van der Waals surface area (Å²) in [6.07, 6.45) is 4.12. The fraction of sp³-hybridized carbons (Fsp3) is 0.900. The lowest BCUT2D eigenvalue weighted by molar-refractivity contribution is -0.144. The van der Waals surface area contributed by atoms with Crippen molar-refractivity contribution in [3.63, 3.8) is 0 Å². The number of nitrogens with two attached hydrogens (primary N) is 1. The Hall–Kier alpha value is -0.570. The van der Waals surface area contributed by atoms with E-state index in [0.717, 1.165) is 19.3 Å². The summed E-state index contributed by atoms with van der Waals surface area (Å²) in [4.78, 5) is 11.1. The molecule has 1 spiro atoms. The summed E-state index contributed by atoms with van der Waals surface area (Å²) in [7, 11) is 0. The van der Waals surface area contributed by atoms with E-state index in [1.165, 1.54) is 6.42 Å². The Labute approximate surface area is 78.3 Å². The second-order valence-electron chi connectivity index (χ2n) is 4.90. The Kier molecular flexibility index (Phi) is 1.71. The van der Waals surface area contributed by atoms with Gasteiger partial charge in [0.15, 0.2) is 0 Å².